The van der Waals surface area contributed by atoms with Crippen molar-refractivity contribution in [1.82, 2.24) is 14.4 Å². The summed E-state index contributed by atoms with van der Waals surface area (Å²) in [7, 11) is 0. The number of benzene rings is 1. The number of pyridine rings is 1. The molecule has 0 saturated carbocycles. The van der Waals surface area contributed by atoms with Crippen LogP contribution in [-0.4, -0.2) is 45.7 Å². The van der Waals surface area contributed by atoms with E-state index in [-0.39, 0.29) is 16.5 Å². The first-order chi connectivity index (χ1) is 13.9. The molecule has 0 atom stereocenters. The van der Waals surface area contributed by atoms with E-state index in [0.717, 1.165) is 31.7 Å². The van der Waals surface area contributed by atoms with Gasteiger partial charge in [0.2, 0.25) is 0 Å². The molecule has 0 aliphatic carbocycles. The fraction of sp³-hybridized carbons (Fsp3) is 0.286. The number of hydrogen-bond donors (Lipinski definition) is 3. The maximum Gasteiger partial charge on any atom is 0.293 e. The van der Waals surface area contributed by atoms with E-state index >= 15 is 0 Å². The Morgan fingerprint density at radius 3 is 2.38 bits per heavy atom. The van der Waals surface area contributed by atoms with Crippen LogP contribution in [0, 0.1) is 0 Å². The van der Waals surface area contributed by atoms with Crippen molar-refractivity contribution < 1.29 is 5.11 Å². The van der Waals surface area contributed by atoms with Gasteiger partial charge in [-0.05, 0) is 23.8 Å². The van der Waals surface area contributed by atoms with E-state index in [1.807, 2.05) is 41.3 Å². The van der Waals surface area contributed by atoms with Gasteiger partial charge in [-0.15, -0.1) is 0 Å². The van der Waals surface area contributed by atoms with Crippen molar-refractivity contribution >= 4 is 11.6 Å². The van der Waals surface area contributed by atoms with Gasteiger partial charge in [0.25, 0.3) is 5.56 Å². The molecule has 154 valence electrons. The molecule has 1 fully saturated rings. The molecule has 0 bridgehead atoms. The highest BCUT2D eigenvalue weighted by Gasteiger charge is 2.19. The molecule has 1 aliphatic rings. The molecule has 29 heavy (non-hydrogen) atoms. The third kappa shape index (κ3) is 5.56. The van der Waals surface area contributed by atoms with Gasteiger partial charge in [-0.25, -0.2) is 0 Å². The summed E-state index contributed by atoms with van der Waals surface area (Å²) in [6, 6.07) is 11.5. The van der Waals surface area contributed by atoms with Crippen molar-refractivity contribution in [3.8, 4) is 5.75 Å². The van der Waals surface area contributed by atoms with Crippen molar-refractivity contribution in [2.45, 2.75) is 13.1 Å². The van der Waals surface area contributed by atoms with Crippen LogP contribution in [-0.2, 0) is 13.1 Å². The number of aromatic hydroxyl groups is 1. The Hall–Kier alpha value is -2.90. The SMILES string of the molecule is N/C(Cl)=C\C=C(/N)N1CCN(Cc2ccn(Cc3ccccc3)c(=O)c2O)CC1. The minimum atomic E-state index is -0.373. The molecule has 1 saturated heterocycles. The smallest absolute Gasteiger partial charge is 0.293 e. The average molecular weight is 416 g/mol. The molecule has 0 radical (unpaired) electrons. The van der Waals surface area contributed by atoms with Gasteiger partial charge >= 0.3 is 0 Å². The van der Waals surface area contributed by atoms with Gasteiger partial charge < -0.3 is 26.0 Å². The molecule has 0 spiro atoms. The van der Waals surface area contributed by atoms with Crippen molar-refractivity contribution in [3.63, 3.8) is 0 Å². The molecule has 8 heteroatoms. The summed E-state index contributed by atoms with van der Waals surface area (Å²) in [5.41, 5.74) is 12.7. The standard InChI is InChI=1S/C21H26ClN5O2/c22-18(23)6-7-19(24)26-12-10-25(11-13-26)15-17-8-9-27(21(29)20(17)28)14-16-4-2-1-3-5-16/h1-9,28H,10-15,23-24H2/b18-6-,19-7+. The van der Waals surface area contributed by atoms with E-state index in [1.165, 1.54) is 4.57 Å². The molecule has 1 aromatic carbocycles. The number of piperazine rings is 1. The number of halogens is 1. The topological polar surface area (TPSA) is 101 Å². The second-order valence-corrected chi connectivity index (χ2v) is 7.45. The van der Waals surface area contributed by atoms with E-state index in [4.69, 9.17) is 23.1 Å². The molecule has 2 heterocycles. The average Bonchev–Trinajstić information content (AvgIpc) is 2.73. The monoisotopic (exact) mass is 415 g/mol. The van der Waals surface area contributed by atoms with Crippen LogP contribution < -0.4 is 17.0 Å². The number of nitrogens with zero attached hydrogens (tertiary/aromatic N) is 3. The second-order valence-electron chi connectivity index (χ2n) is 7.01. The van der Waals surface area contributed by atoms with Crippen LogP contribution >= 0.6 is 11.6 Å². The summed E-state index contributed by atoms with van der Waals surface area (Å²) in [5.74, 6) is 0.424. The van der Waals surface area contributed by atoms with E-state index in [2.05, 4.69) is 4.90 Å². The molecule has 3 rings (SSSR count). The molecule has 7 nitrogen and oxygen atoms in total. The van der Waals surface area contributed by atoms with Crippen molar-refractivity contribution in [1.29, 1.82) is 0 Å². The highest BCUT2D eigenvalue weighted by Crippen LogP contribution is 2.16. The number of allylic oxidation sites excluding steroid dienone is 2. The molecule has 2 aromatic rings. The van der Waals surface area contributed by atoms with Gasteiger partial charge in [-0.1, -0.05) is 41.9 Å². The number of nitrogens with two attached hydrogens (primary N) is 2. The van der Waals surface area contributed by atoms with Crippen LogP contribution in [0.5, 0.6) is 5.75 Å². The molecular weight excluding hydrogens is 390 g/mol. The first-order valence-electron chi connectivity index (χ1n) is 9.45. The maximum absolute atomic E-state index is 12.5. The zero-order valence-corrected chi connectivity index (χ0v) is 16.9. The quantitative estimate of drug-likeness (QED) is 0.489. The minimum Gasteiger partial charge on any atom is -0.503 e. The lowest BCUT2D eigenvalue weighted by Crippen LogP contribution is -2.46. The van der Waals surface area contributed by atoms with Gasteiger partial charge in [0.1, 0.15) is 0 Å². The lowest BCUT2D eigenvalue weighted by atomic mass is 10.2. The Labute approximate surface area is 175 Å². The summed E-state index contributed by atoms with van der Waals surface area (Å²) in [6.07, 6.45) is 4.99. The van der Waals surface area contributed by atoms with Crippen LogP contribution in [0.1, 0.15) is 11.1 Å². The van der Waals surface area contributed by atoms with Crippen molar-refractivity contribution in [3.05, 3.63) is 87.2 Å². The second kappa shape index (κ2) is 9.54. The van der Waals surface area contributed by atoms with Gasteiger partial charge in [0.05, 0.1) is 17.5 Å². The van der Waals surface area contributed by atoms with Crippen LogP contribution in [0.4, 0.5) is 0 Å². The highest BCUT2D eigenvalue weighted by atomic mass is 35.5. The predicted molar refractivity (Wildman–Crippen MR) is 115 cm³/mol. The summed E-state index contributed by atoms with van der Waals surface area (Å²) in [5, 5.41) is 10.6. The number of hydrogen-bond acceptors (Lipinski definition) is 6. The summed E-state index contributed by atoms with van der Waals surface area (Å²) in [6.45, 7) is 3.95. The first kappa shape index (κ1) is 20.8. The molecular formula is C21H26ClN5O2. The van der Waals surface area contributed by atoms with Crippen molar-refractivity contribution in [2.75, 3.05) is 26.2 Å². The van der Waals surface area contributed by atoms with Crippen LogP contribution in [0.15, 0.2) is 70.5 Å². The zero-order chi connectivity index (χ0) is 20.8. The predicted octanol–water partition coefficient (Wildman–Crippen LogP) is 1.56. The third-order valence-electron chi connectivity index (χ3n) is 4.96. The summed E-state index contributed by atoms with van der Waals surface area (Å²) >= 11 is 5.62. The van der Waals surface area contributed by atoms with Gasteiger partial charge in [0.15, 0.2) is 5.75 Å². The van der Waals surface area contributed by atoms with Crippen molar-refractivity contribution in [2.24, 2.45) is 11.5 Å². The van der Waals surface area contributed by atoms with Crippen LogP contribution in [0.25, 0.3) is 0 Å². The molecule has 0 unspecified atom stereocenters. The molecule has 1 aromatic heterocycles. The molecule has 0 amide bonds. The third-order valence-corrected chi connectivity index (χ3v) is 5.09. The van der Waals surface area contributed by atoms with Gasteiger partial charge in [-0.3, -0.25) is 9.69 Å². The van der Waals surface area contributed by atoms with E-state index in [9.17, 15) is 9.90 Å². The lowest BCUT2D eigenvalue weighted by Gasteiger charge is -2.36. The first-order valence-corrected chi connectivity index (χ1v) is 9.83. The summed E-state index contributed by atoms with van der Waals surface area (Å²) in [4.78, 5) is 16.8. The Kier molecular flexibility index (Phi) is 6.85. The highest BCUT2D eigenvalue weighted by molar-refractivity contribution is 6.29. The number of rotatable bonds is 6. The molecule has 1 aliphatic heterocycles. The van der Waals surface area contributed by atoms with Gasteiger partial charge in [-0.2, -0.15) is 0 Å². The maximum atomic E-state index is 12.5. The molecule has 5 N–H and O–H groups in total. The Bertz CT molecular complexity index is 943. The fourth-order valence-electron chi connectivity index (χ4n) is 3.31. The summed E-state index contributed by atoms with van der Waals surface area (Å²) < 4.78 is 1.52. The Morgan fingerprint density at radius 1 is 1.03 bits per heavy atom. The van der Waals surface area contributed by atoms with Crippen LogP contribution in [0.3, 0.4) is 0 Å². The largest absolute Gasteiger partial charge is 0.503 e. The Balaban J connectivity index is 1.61. The number of aromatic nitrogens is 1. The minimum absolute atomic E-state index is 0.184. The fourth-order valence-corrected chi connectivity index (χ4v) is 3.37. The van der Waals surface area contributed by atoms with E-state index in [1.54, 1.807) is 18.3 Å². The lowest BCUT2D eigenvalue weighted by molar-refractivity contribution is 0.150. The van der Waals surface area contributed by atoms with E-state index in [0.29, 0.717) is 24.5 Å². The zero-order valence-electron chi connectivity index (χ0n) is 16.2. The van der Waals surface area contributed by atoms with Gasteiger partial charge in [0, 0.05) is 44.5 Å². The van der Waals surface area contributed by atoms with E-state index < -0.39 is 0 Å². The Morgan fingerprint density at radius 2 is 1.72 bits per heavy atom. The normalized spacial score (nSPS) is 16.2. The van der Waals surface area contributed by atoms with Crippen LogP contribution in [0.2, 0.25) is 0 Å².